The van der Waals surface area contributed by atoms with Crippen LogP contribution in [0.4, 0.5) is 4.79 Å². The van der Waals surface area contributed by atoms with Crippen molar-refractivity contribution >= 4 is 6.09 Å². The number of hydrogen-bond acceptors (Lipinski definition) is 2. The Balaban J connectivity index is 2.41. The van der Waals surface area contributed by atoms with Crippen LogP contribution in [-0.4, -0.2) is 12.2 Å². The summed E-state index contributed by atoms with van der Waals surface area (Å²) >= 11 is 0. The summed E-state index contributed by atoms with van der Waals surface area (Å²) in [5.74, 6) is 2.90. The van der Waals surface area contributed by atoms with Crippen molar-refractivity contribution in [1.29, 1.82) is 0 Å². The normalized spacial score (nSPS) is 27.9. The maximum absolute atomic E-state index is 10.5. The molecule has 2 N–H and O–H groups in total. The van der Waals surface area contributed by atoms with Crippen molar-refractivity contribution in [3.8, 4) is 12.3 Å². The average Bonchev–Trinajstić information content (AvgIpc) is 2.37. The molecule has 0 aromatic rings. The lowest BCUT2D eigenvalue weighted by molar-refractivity contribution is 0.0846. The van der Waals surface area contributed by atoms with Crippen LogP contribution in [0.1, 0.15) is 25.7 Å². The zero-order valence-electron chi connectivity index (χ0n) is 6.95. The Bertz CT molecular complexity index is 207. The van der Waals surface area contributed by atoms with Gasteiger partial charge in [-0.05, 0) is 19.3 Å². The molecule has 3 nitrogen and oxygen atoms in total. The van der Waals surface area contributed by atoms with Gasteiger partial charge in [0, 0.05) is 12.3 Å². The maximum Gasteiger partial charge on any atom is 0.404 e. The molecule has 0 bridgehead atoms. The van der Waals surface area contributed by atoms with Crippen LogP contribution in [0.3, 0.4) is 0 Å². The van der Waals surface area contributed by atoms with E-state index in [9.17, 15) is 4.79 Å². The third-order valence-electron chi connectivity index (χ3n) is 2.24. The lowest BCUT2D eigenvalue weighted by Gasteiger charge is -2.16. The molecule has 0 aliphatic heterocycles. The van der Waals surface area contributed by atoms with Crippen LogP contribution in [0.2, 0.25) is 0 Å². The van der Waals surface area contributed by atoms with E-state index in [4.69, 9.17) is 16.9 Å². The predicted molar refractivity (Wildman–Crippen MR) is 45.2 cm³/mol. The van der Waals surface area contributed by atoms with Crippen molar-refractivity contribution in [3.05, 3.63) is 0 Å². The Morgan fingerprint density at radius 1 is 1.67 bits per heavy atom. The Morgan fingerprint density at radius 3 is 3.00 bits per heavy atom. The molecule has 0 aromatic carbocycles. The zero-order chi connectivity index (χ0) is 8.97. The second-order valence-corrected chi connectivity index (χ2v) is 3.07. The van der Waals surface area contributed by atoms with Gasteiger partial charge in [0.1, 0.15) is 6.10 Å². The molecule has 1 rings (SSSR count). The molecule has 12 heavy (non-hydrogen) atoms. The van der Waals surface area contributed by atoms with Crippen LogP contribution >= 0.6 is 0 Å². The second-order valence-electron chi connectivity index (χ2n) is 3.07. The summed E-state index contributed by atoms with van der Waals surface area (Å²) in [6, 6.07) is 0. The molecule has 0 spiro atoms. The topological polar surface area (TPSA) is 52.3 Å². The van der Waals surface area contributed by atoms with Crippen LogP contribution in [0.15, 0.2) is 0 Å². The van der Waals surface area contributed by atoms with Gasteiger partial charge in [-0.15, -0.1) is 12.3 Å². The summed E-state index contributed by atoms with van der Waals surface area (Å²) in [5, 5.41) is 0. The molecule has 3 heteroatoms. The molecule has 66 valence electrons. The highest BCUT2D eigenvalue weighted by Crippen LogP contribution is 2.30. The molecule has 0 radical (unpaired) electrons. The third-order valence-corrected chi connectivity index (χ3v) is 2.24. The summed E-state index contributed by atoms with van der Waals surface area (Å²) in [6.07, 6.45) is 8.14. The van der Waals surface area contributed by atoms with E-state index in [-0.39, 0.29) is 6.10 Å². The minimum atomic E-state index is -0.691. The molecule has 0 aromatic heterocycles. The predicted octanol–water partition coefficient (Wildman–Crippen LogP) is 1.27. The summed E-state index contributed by atoms with van der Waals surface area (Å²) in [7, 11) is 0. The number of ether oxygens (including phenoxy) is 1. The van der Waals surface area contributed by atoms with Gasteiger partial charge in [0.15, 0.2) is 0 Å². The smallest absolute Gasteiger partial charge is 0.404 e. The minimum absolute atomic E-state index is 0.0430. The van der Waals surface area contributed by atoms with Gasteiger partial charge in [0.25, 0.3) is 0 Å². The number of rotatable bonds is 2. The van der Waals surface area contributed by atoms with E-state index in [0.717, 1.165) is 19.3 Å². The lowest BCUT2D eigenvalue weighted by Crippen LogP contribution is -2.25. The van der Waals surface area contributed by atoms with Gasteiger partial charge in [-0.2, -0.15) is 0 Å². The standard InChI is InChI=1S/C9H13NO2/c1-2-4-7-5-3-6-8(7)12-9(10)11/h1,7-8H,3-6H2,(H2,10,11). The molecule has 1 aliphatic carbocycles. The largest absolute Gasteiger partial charge is 0.446 e. The van der Waals surface area contributed by atoms with Crippen LogP contribution in [-0.2, 0) is 4.74 Å². The van der Waals surface area contributed by atoms with Gasteiger partial charge >= 0.3 is 6.09 Å². The van der Waals surface area contributed by atoms with E-state index >= 15 is 0 Å². The Morgan fingerprint density at radius 2 is 2.42 bits per heavy atom. The van der Waals surface area contributed by atoms with Gasteiger partial charge in [-0.1, -0.05) is 0 Å². The van der Waals surface area contributed by atoms with E-state index in [2.05, 4.69) is 5.92 Å². The fraction of sp³-hybridized carbons (Fsp3) is 0.667. The number of carbonyl (C=O) groups excluding carboxylic acids is 1. The number of primary amides is 1. The van der Waals surface area contributed by atoms with Crippen molar-refractivity contribution in [1.82, 2.24) is 0 Å². The molecule has 2 atom stereocenters. The van der Waals surface area contributed by atoms with E-state index in [0.29, 0.717) is 12.3 Å². The third kappa shape index (κ3) is 2.16. The quantitative estimate of drug-likeness (QED) is 0.630. The van der Waals surface area contributed by atoms with Crippen molar-refractivity contribution in [3.63, 3.8) is 0 Å². The summed E-state index contributed by atoms with van der Waals surface area (Å²) in [6.45, 7) is 0. The first kappa shape index (κ1) is 8.92. The van der Waals surface area contributed by atoms with E-state index in [1.54, 1.807) is 0 Å². The number of carbonyl (C=O) groups is 1. The molecular weight excluding hydrogens is 154 g/mol. The van der Waals surface area contributed by atoms with Gasteiger partial charge in [-0.25, -0.2) is 4.79 Å². The highest BCUT2D eigenvalue weighted by molar-refractivity contribution is 5.64. The van der Waals surface area contributed by atoms with Crippen LogP contribution in [0.5, 0.6) is 0 Å². The SMILES string of the molecule is C#CCC1CCCC1OC(N)=O. The van der Waals surface area contributed by atoms with Crippen LogP contribution < -0.4 is 5.73 Å². The molecule has 0 heterocycles. The average molecular weight is 167 g/mol. The Labute approximate surface area is 72.3 Å². The van der Waals surface area contributed by atoms with Gasteiger partial charge in [-0.3, -0.25) is 0 Å². The van der Waals surface area contributed by atoms with Crippen LogP contribution in [0.25, 0.3) is 0 Å². The number of amides is 1. The van der Waals surface area contributed by atoms with Crippen LogP contribution in [0, 0.1) is 18.3 Å². The van der Waals surface area contributed by atoms with E-state index in [1.807, 2.05) is 0 Å². The fourth-order valence-corrected chi connectivity index (χ4v) is 1.69. The fourth-order valence-electron chi connectivity index (χ4n) is 1.69. The van der Waals surface area contributed by atoms with Gasteiger partial charge in [0.2, 0.25) is 0 Å². The zero-order valence-corrected chi connectivity index (χ0v) is 6.95. The van der Waals surface area contributed by atoms with Crippen molar-refractivity contribution < 1.29 is 9.53 Å². The molecule has 2 unspecified atom stereocenters. The molecule has 1 saturated carbocycles. The van der Waals surface area contributed by atoms with E-state index < -0.39 is 6.09 Å². The Hall–Kier alpha value is -1.17. The second kappa shape index (κ2) is 4.01. The van der Waals surface area contributed by atoms with Gasteiger partial charge in [0.05, 0.1) is 0 Å². The molecular formula is C9H13NO2. The first-order chi connectivity index (χ1) is 5.74. The number of terminal acetylenes is 1. The highest BCUT2D eigenvalue weighted by Gasteiger charge is 2.28. The summed E-state index contributed by atoms with van der Waals surface area (Å²) < 4.78 is 4.92. The monoisotopic (exact) mass is 167 g/mol. The molecule has 1 aliphatic rings. The Kier molecular flexibility index (Phi) is 2.98. The summed E-state index contributed by atoms with van der Waals surface area (Å²) in [5.41, 5.74) is 4.92. The molecule has 0 saturated heterocycles. The minimum Gasteiger partial charge on any atom is -0.446 e. The molecule has 1 amide bonds. The van der Waals surface area contributed by atoms with E-state index in [1.165, 1.54) is 0 Å². The molecule has 1 fully saturated rings. The lowest BCUT2D eigenvalue weighted by atomic mass is 10.0. The maximum atomic E-state index is 10.5. The van der Waals surface area contributed by atoms with Gasteiger partial charge < -0.3 is 10.5 Å². The number of nitrogens with two attached hydrogens (primary N) is 1. The van der Waals surface area contributed by atoms with Crippen molar-refractivity contribution in [2.24, 2.45) is 11.7 Å². The first-order valence-corrected chi connectivity index (χ1v) is 4.13. The summed E-state index contributed by atoms with van der Waals surface area (Å²) in [4.78, 5) is 10.5. The van der Waals surface area contributed by atoms with Crippen molar-refractivity contribution in [2.75, 3.05) is 0 Å². The first-order valence-electron chi connectivity index (χ1n) is 4.13. The highest BCUT2D eigenvalue weighted by atomic mass is 16.6. The number of hydrogen-bond donors (Lipinski definition) is 1. The van der Waals surface area contributed by atoms with Crippen molar-refractivity contribution in [2.45, 2.75) is 31.8 Å².